The molecular weight excluding hydrogens is 304 g/mol. The number of anilines is 3. The first-order chi connectivity index (χ1) is 11.7. The van der Waals surface area contributed by atoms with Crippen LogP contribution in [0.2, 0.25) is 0 Å². The summed E-state index contributed by atoms with van der Waals surface area (Å²) in [6, 6.07) is 11.3. The van der Waals surface area contributed by atoms with Crippen LogP contribution in [-0.4, -0.2) is 47.5 Å². The highest BCUT2D eigenvalue weighted by molar-refractivity contribution is 5.66. The summed E-state index contributed by atoms with van der Waals surface area (Å²) in [5, 5.41) is 12.4. The number of rotatable bonds is 4. The van der Waals surface area contributed by atoms with Crippen molar-refractivity contribution >= 4 is 23.7 Å². The number of carbonyl (C=O) groups is 1. The van der Waals surface area contributed by atoms with Gasteiger partial charge in [0.05, 0.1) is 11.3 Å². The Hall–Kier alpha value is -3.14. The molecule has 0 bridgehead atoms. The molecule has 0 radical (unpaired) electrons. The predicted octanol–water partition coefficient (Wildman–Crippen LogP) is 1.68. The first kappa shape index (κ1) is 15.7. The topological polar surface area (TPSA) is 85.2 Å². The molecule has 7 nitrogen and oxygen atoms in total. The van der Waals surface area contributed by atoms with E-state index in [1.807, 2.05) is 31.2 Å². The number of hydrogen-bond donors (Lipinski definition) is 1. The molecule has 0 spiro atoms. The van der Waals surface area contributed by atoms with Gasteiger partial charge in [-0.3, -0.25) is 4.79 Å². The van der Waals surface area contributed by atoms with Gasteiger partial charge in [-0.05, 0) is 19.1 Å². The Labute approximate surface area is 140 Å². The van der Waals surface area contributed by atoms with E-state index in [4.69, 9.17) is 0 Å². The van der Waals surface area contributed by atoms with Crippen LogP contribution in [0.15, 0.2) is 30.3 Å². The van der Waals surface area contributed by atoms with Crippen LogP contribution in [0.5, 0.6) is 0 Å². The maximum absolute atomic E-state index is 10.8. The largest absolute Gasteiger partial charge is 0.353 e. The third-order valence-electron chi connectivity index (χ3n) is 3.92. The predicted molar refractivity (Wildman–Crippen MR) is 91.1 cm³/mol. The zero-order valence-electron chi connectivity index (χ0n) is 13.4. The lowest BCUT2D eigenvalue weighted by Gasteiger charge is -2.33. The van der Waals surface area contributed by atoms with E-state index in [-0.39, 0.29) is 0 Å². The number of amides is 1. The van der Waals surface area contributed by atoms with Crippen molar-refractivity contribution < 1.29 is 4.79 Å². The SMILES string of the molecule is Cc1nc(Nc2ccccc2C#N)cc(N2CCN(C=O)CC2)n1. The summed E-state index contributed by atoms with van der Waals surface area (Å²) >= 11 is 0. The lowest BCUT2D eigenvalue weighted by atomic mass is 10.2. The first-order valence-electron chi connectivity index (χ1n) is 7.76. The van der Waals surface area contributed by atoms with Gasteiger partial charge in [0.15, 0.2) is 0 Å². The summed E-state index contributed by atoms with van der Waals surface area (Å²) in [5.41, 5.74) is 1.28. The summed E-state index contributed by atoms with van der Waals surface area (Å²) in [6.45, 7) is 4.69. The second-order valence-corrected chi connectivity index (χ2v) is 5.57. The lowest BCUT2D eigenvalue weighted by molar-refractivity contribution is -0.118. The molecule has 24 heavy (non-hydrogen) atoms. The van der Waals surface area contributed by atoms with Crippen LogP contribution in [-0.2, 0) is 4.79 Å². The van der Waals surface area contributed by atoms with E-state index in [0.29, 0.717) is 30.3 Å². The van der Waals surface area contributed by atoms with Crippen LogP contribution in [0.1, 0.15) is 11.4 Å². The van der Waals surface area contributed by atoms with Crippen molar-refractivity contribution in [2.75, 3.05) is 36.4 Å². The summed E-state index contributed by atoms with van der Waals surface area (Å²) in [4.78, 5) is 23.6. The van der Waals surface area contributed by atoms with Crippen LogP contribution in [0.3, 0.4) is 0 Å². The Kier molecular flexibility index (Phi) is 4.57. The normalized spacial score (nSPS) is 14.2. The second-order valence-electron chi connectivity index (χ2n) is 5.57. The van der Waals surface area contributed by atoms with Crippen molar-refractivity contribution in [3.63, 3.8) is 0 Å². The van der Waals surface area contributed by atoms with E-state index in [0.717, 1.165) is 31.0 Å². The summed E-state index contributed by atoms with van der Waals surface area (Å²) < 4.78 is 0. The van der Waals surface area contributed by atoms with Crippen LogP contribution >= 0.6 is 0 Å². The van der Waals surface area contributed by atoms with Gasteiger partial charge in [0.2, 0.25) is 6.41 Å². The molecule has 1 saturated heterocycles. The van der Waals surface area contributed by atoms with Crippen LogP contribution in [0, 0.1) is 18.3 Å². The summed E-state index contributed by atoms with van der Waals surface area (Å²) in [6.07, 6.45) is 0.883. The van der Waals surface area contributed by atoms with E-state index >= 15 is 0 Å². The fourth-order valence-corrected chi connectivity index (χ4v) is 2.66. The van der Waals surface area contributed by atoms with Crippen molar-refractivity contribution in [3.05, 3.63) is 41.7 Å². The van der Waals surface area contributed by atoms with Crippen LogP contribution in [0.25, 0.3) is 0 Å². The zero-order chi connectivity index (χ0) is 16.9. The van der Waals surface area contributed by atoms with E-state index in [1.165, 1.54) is 0 Å². The van der Waals surface area contributed by atoms with Gasteiger partial charge in [0.25, 0.3) is 0 Å². The smallest absolute Gasteiger partial charge is 0.209 e. The van der Waals surface area contributed by atoms with Gasteiger partial charge < -0.3 is 15.1 Å². The highest BCUT2D eigenvalue weighted by atomic mass is 16.1. The molecule has 7 heteroatoms. The molecule has 122 valence electrons. The Balaban J connectivity index is 1.82. The molecule has 1 aliphatic rings. The fraction of sp³-hybridized carbons (Fsp3) is 0.294. The molecule has 1 N–H and O–H groups in total. The Bertz CT molecular complexity index is 777. The molecule has 1 aromatic heterocycles. The summed E-state index contributed by atoms with van der Waals surface area (Å²) in [5.74, 6) is 2.13. The standard InChI is InChI=1S/C17H18N6O/c1-13-19-16(21-15-5-3-2-4-14(15)11-18)10-17(20-13)23-8-6-22(12-24)7-9-23/h2-5,10,12H,6-9H2,1H3,(H,19,20,21). The number of nitriles is 1. The van der Waals surface area contributed by atoms with E-state index in [2.05, 4.69) is 26.3 Å². The number of carbonyl (C=O) groups excluding carboxylic acids is 1. The number of benzene rings is 1. The molecule has 0 saturated carbocycles. The van der Waals surface area contributed by atoms with Crippen molar-refractivity contribution in [1.29, 1.82) is 5.26 Å². The molecule has 1 fully saturated rings. The third-order valence-corrected chi connectivity index (χ3v) is 3.92. The minimum atomic E-state index is 0.565. The van der Waals surface area contributed by atoms with Crippen molar-refractivity contribution in [2.45, 2.75) is 6.92 Å². The molecule has 1 amide bonds. The van der Waals surface area contributed by atoms with Gasteiger partial charge in [-0.15, -0.1) is 0 Å². The molecule has 0 aliphatic carbocycles. The molecule has 3 rings (SSSR count). The van der Waals surface area contributed by atoms with Crippen molar-refractivity contribution in [3.8, 4) is 6.07 Å². The third kappa shape index (κ3) is 3.43. The average molecular weight is 322 g/mol. The van der Waals surface area contributed by atoms with Crippen molar-refractivity contribution in [1.82, 2.24) is 14.9 Å². The monoisotopic (exact) mass is 322 g/mol. The molecule has 1 aromatic carbocycles. The zero-order valence-corrected chi connectivity index (χ0v) is 13.4. The van der Waals surface area contributed by atoms with E-state index in [1.54, 1.807) is 11.0 Å². The number of hydrogen-bond acceptors (Lipinski definition) is 6. The van der Waals surface area contributed by atoms with E-state index in [9.17, 15) is 10.1 Å². The Morgan fingerprint density at radius 2 is 1.96 bits per heavy atom. The number of aryl methyl sites for hydroxylation is 1. The molecule has 0 atom stereocenters. The Morgan fingerprint density at radius 3 is 2.67 bits per heavy atom. The minimum Gasteiger partial charge on any atom is -0.353 e. The van der Waals surface area contributed by atoms with Crippen LogP contribution < -0.4 is 10.2 Å². The number of nitrogens with one attached hydrogen (secondary N) is 1. The molecule has 1 aliphatic heterocycles. The highest BCUT2D eigenvalue weighted by Crippen LogP contribution is 2.22. The quantitative estimate of drug-likeness (QED) is 0.862. The average Bonchev–Trinajstić information content (AvgIpc) is 2.62. The van der Waals surface area contributed by atoms with Gasteiger partial charge >= 0.3 is 0 Å². The van der Waals surface area contributed by atoms with Gasteiger partial charge in [-0.25, -0.2) is 9.97 Å². The number of piperazine rings is 1. The fourth-order valence-electron chi connectivity index (χ4n) is 2.66. The summed E-state index contributed by atoms with van der Waals surface area (Å²) in [7, 11) is 0. The molecule has 2 aromatic rings. The van der Waals surface area contributed by atoms with Gasteiger partial charge in [0, 0.05) is 32.2 Å². The lowest BCUT2D eigenvalue weighted by Crippen LogP contribution is -2.46. The van der Waals surface area contributed by atoms with Crippen LogP contribution in [0.4, 0.5) is 17.3 Å². The Morgan fingerprint density at radius 1 is 1.21 bits per heavy atom. The molecular formula is C17H18N6O. The van der Waals surface area contributed by atoms with E-state index < -0.39 is 0 Å². The van der Waals surface area contributed by atoms with Gasteiger partial charge in [0.1, 0.15) is 23.5 Å². The van der Waals surface area contributed by atoms with Crippen molar-refractivity contribution in [2.24, 2.45) is 0 Å². The number of nitrogens with zero attached hydrogens (tertiary/aromatic N) is 5. The highest BCUT2D eigenvalue weighted by Gasteiger charge is 2.18. The molecule has 2 heterocycles. The van der Waals surface area contributed by atoms with Gasteiger partial charge in [-0.2, -0.15) is 5.26 Å². The number of para-hydroxylation sites is 1. The second kappa shape index (κ2) is 6.96. The first-order valence-corrected chi connectivity index (χ1v) is 7.76. The molecule has 0 unspecified atom stereocenters. The maximum atomic E-state index is 10.8. The van der Waals surface area contributed by atoms with Gasteiger partial charge in [-0.1, -0.05) is 12.1 Å². The minimum absolute atomic E-state index is 0.565. The maximum Gasteiger partial charge on any atom is 0.209 e. The number of aromatic nitrogens is 2.